The zero-order valence-electron chi connectivity index (χ0n) is 11.8. The quantitative estimate of drug-likeness (QED) is 0.721. The van der Waals surface area contributed by atoms with Crippen LogP contribution in [-0.4, -0.2) is 29.6 Å². The Hall–Kier alpha value is -2.54. The Balaban J connectivity index is 2.88. The van der Waals surface area contributed by atoms with E-state index < -0.39 is 0 Å². The molecule has 0 bridgehead atoms. The van der Waals surface area contributed by atoms with E-state index >= 15 is 0 Å². The lowest BCUT2D eigenvalue weighted by molar-refractivity contribution is 0.606. The van der Waals surface area contributed by atoms with Crippen LogP contribution in [0, 0.1) is 28.6 Å². The van der Waals surface area contributed by atoms with Gasteiger partial charge in [0.2, 0.25) is 0 Å². The molecule has 0 aromatic carbocycles. The van der Waals surface area contributed by atoms with Gasteiger partial charge in [-0.3, -0.25) is 0 Å². The van der Waals surface area contributed by atoms with Crippen molar-refractivity contribution in [1.29, 1.82) is 10.5 Å². The van der Waals surface area contributed by atoms with E-state index in [1.807, 2.05) is 12.1 Å². The third kappa shape index (κ3) is 4.29. The maximum absolute atomic E-state index is 8.79. The largest absolute Gasteiger partial charge is 0.393 e. The first-order valence-corrected chi connectivity index (χ1v) is 6.43. The number of hydrogen-bond donors (Lipinski definition) is 2. The molecule has 1 rings (SSSR count). The maximum Gasteiger partial charge on any atom is 0.159 e. The fraction of sp³-hybridized carbons (Fsp3) is 0.538. The van der Waals surface area contributed by atoms with Gasteiger partial charge in [-0.2, -0.15) is 10.5 Å². The molecule has 0 spiro atoms. The van der Waals surface area contributed by atoms with Crippen LogP contribution in [0.2, 0.25) is 0 Å². The average Bonchev–Trinajstić information content (AvgIpc) is 2.40. The molecule has 1 aromatic heterocycles. The molecule has 0 radical (unpaired) electrons. The van der Waals surface area contributed by atoms with Crippen LogP contribution in [0.5, 0.6) is 0 Å². The van der Waals surface area contributed by atoms with Gasteiger partial charge in [0.05, 0.1) is 12.1 Å². The van der Waals surface area contributed by atoms with Gasteiger partial charge in [0.25, 0.3) is 0 Å². The van der Waals surface area contributed by atoms with Crippen molar-refractivity contribution in [2.24, 2.45) is 5.92 Å². The summed E-state index contributed by atoms with van der Waals surface area (Å²) in [6.45, 7) is 5.14. The molecule has 0 unspecified atom stereocenters. The van der Waals surface area contributed by atoms with Gasteiger partial charge in [0.15, 0.2) is 11.6 Å². The predicted octanol–water partition coefficient (Wildman–Crippen LogP) is 1.37. The summed E-state index contributed by atoms with van der Waals surface area (Å²) >= 11 is 0. The Morgan fingerprint density at radius 3 is 2.50 bits per heavy atom. The number of rotatable bonds is 7. The first-order chi connectivity index (χ1) is 9.60. The molecule has 0 aliphatic carbocycles. The van der Waals surface area contributed by atoms with Crippen LogP contribution < -0.4 is 16.0 Å². The fourth-order valence-electron chi connectivity index (χ4n) is 1.63. The van der Waals surface area contributed by atoms with E-state index in [0.29, 0.717) is 23.2 Å². The van der Waals surface area contributed by atoms with Crippen LogP contribution in [-0.2, 0) is 0 Å². The van der Waals surface area contributed by atoms with Crippen molar-refractivity contribution >= 4 is 17.3 Å². The van der Waals surface area contributed by atoms with E-state index in [4.69, 9.17) is 16.3 Å². The van der Waals surface area contributed by atoms with Crippen molar-refractivity contribution in [3.63, 3.8) is 0 Å². The summed E-state index contributed by atoms with van der Waals surface area (Å²) < 4.78 is 0. The first kappa shape index (κ1) is 15.5. The van der Waals surface area contributed by atoms with Crippen LogP contribution in [0.1, 0.15) is 20.3 Å². The molecule has 106 valence electrons. The van der Waals surface area contributed by atoms with E-state index in [-0.39, 0.29) is 13.1 Å². The lowest BCUT2D eigenvalue weighted by Crippen LogP contribution is -2.26. The van der Waals surface area contributed by atoms with E-state index in [9.17, 15) is 0 Å². The van der Waals surface area contributed by atoms with Crippen LogP contribution in [0.15, 0.2) is 6.33 Å². The van der Waals surface area contributed by atoms with Crippen molar-refractivity contribution in [2.75, 3.05) is 35.6 Å². The lowest BCUT2D eigenvalue weighted by atomic mass is 10.1. The van der Waals surface area contributed by atoms with Gasteiger partial charge in [-0.25, -0.2) is 9.97 Å². The molecule has 20 heavy (non-hydrogen) atoms. The van der Waals surface area contributed by atoms with Crippen molar-refractivity contribution in [1.82, 2.24) is 9.97 Å². The second-order valence-corrected chi connectivity index (χ2v) is 4.74. The Kier molecular flexibility index (Phi) is 6.05. The summed E-state index contributed by atoms with van der Waals surface area (Å²) in [7, 11) is 0. The standard InChI is InChI=1S/C13H19N7/c1-10(2)3-6-17-12-11(16)13(19-9-18-12)20(7-4-14)8-5-15/h9-10H,3,6-8,16H2,1-2H3,(H,17,18,19). The number of nitriles is 2. The Labute approximate surface area is 119 Å². The van der Waals surface area contributed by atoms with Crippen molar-refractivity contribution in [3.8, 4) is 12.1 Å². The number of hydrogen-bond acceptors (Lipinski definition) is 7. The summed E-state index contributed by atoms with van der Waals surface area (Å²) in [6.07, 6.45) is 2.38. The van der Waals surface area contributed by atoms with E-state index in [1.54, 1.807) is 0 Å². The zero-order chi connectivity index (χ0) is 15.0. The smallest absolute Gasteiger partial charge is 0.159 e. The monoisotopic (exact) mass is 273 g/mol. The lowest BCUT2D eigenvalue weighted by Gasteiger charge is -2.20. The minimum Gasteiger partial charge on any atom is -0.393 e. The highest BCUT2D eigenvalue weighted by Crippen LogP contribution is 2.25. The molecule has 0 aliphatic rings. The van der Waals surface area contributed by atoms with Gasteiger partial charge < -0.3 is 16.0 Å². The summed E-state index contributed by atoms with van der Waals surface area (Å²) in [5.74, 6) is 1.53. The summed E-state index contributed by atoms with van der Waals surface area (Å²) in [5, 5.41) is 20.7. The number of nitrogens with one attached hydrogen (secondary N) is 1. The van der Waals surface area contributed by atoms with Gasteiger partial charge in [-0.05, 0) is 12.3 Å². The number of nitrogens with zero attached hydrogens (tertiary/aromatic N) is 5. The summed E-state index contributed by atoms with van der Waals surface area (Å²) in [6, 6.07) is 3.99. The predicted molar refractivity (Wildman–Crippen MR) is 77.8 cm³/mol. The molecule has 0 aliphatic heterocycles. The van der Waals surface area contributed by atoms with Gasteiger partial charge >= 0.3 is 0 Å². The molecule has 7 nitrogen and oxygen atoms in total. The molecule has 0 atom stereocenters. The molecule has 0 saturated heterocycles. The highest BCUT2D eigenvalue weighted by molar-refractivity contribution is 5.75. The molecule has 3 N–H and O–H groups in total. The third-order valence-corrected chi connectivity index (χ3v) is 2.70. The Morgan fingerprint density at radius 2 is 1.95 bits per heavy atom. The van der Waals surface area contributed by atoms with Gasteiger partial charge in [0.1, 0.15) is 25.1 Å². The van der Waals surface area contributed by atoms with E-state index in [1.165, 1.54) is 11.2 Å². The number of nitrogens with two attached hydrogens (primary N) is 1. The minimum atomic E-state index is 0.0558. The zero-order valence-corrected chi connectivity index (χ0v) is 11.8. The minimum absolute atomic E-state index is 0.0558. The van der Waals surface area contributed by atoms with Crippen LogP contribution in [0.25, 0.3) is 0 Å². The van der Waals surface area contributed by atoms with E-state index in [2.05, 4.69) is 29.1 Å². The second kappa shape index (κ2) is 7.80. The van der Waals surface area contributed by atoms with Gasteiger partial charge in [-0.15, -0.1) is 0 Å². The highest BCUT2D eigenvalue weighted by atomic mass is 15.2. The average molecular weight is 273 g/mol. The molecule has 1 aromatic rings. The van der Waals surface area contributed by atoms with Crippen molar-refractivity contribution in [3.05, 3.63) is 6.33 Å². The number of aromatic nitrogens is 2. The first-order valence-electron chi connectivity index (χ1n) is 6.43. The molecule has 7 heteroatoms. The van der Waals surface area contributed by atoms with Crippen molar-refractivity contribution in [2.45, 2.75) is 20.3 Å². The maximum atomic E-state index is 8.79. The second-order valence-electron chi connectivity index (χ2n) is 4.74. The summed E-state index contributed by atoms with van der Waals surface area (Å²) in [4.78, 5) is 9.68. The number of anilines is 3. The Morgan fingerprint density at radius 1 is 1.30 bits per heavy atom. The van der Waals surface area contributed by atoms with Crippen molar-refractivity contribution < 1.29 is 0 Å². The van der Waals surface area contributed by atoms with E-state index in [0.717, 1.165) is 13.0 Å². The topological polar surface area (TPSA) is 115 Å². The SMILES string of the molecule is CC(C)CCNc1ncnc(N(CC#N)CC#N)c1N. The van der Waals surface area contributed by atoms with Crippen LogP contribution in [0.4, 0.5) is 17.3 Å². The molecular weight excluding hydrogens is 254 g/mol. The molecule has 0 fully saturated rings. The summed E-state index contributed by atoms with van der Waals surface area (Å²) in [5.41, 5.74) is 6.38. The molecule has 0 saturated carbocycles. The highest BCUT2D eigenvalue weighted by Gasteiger charge is 2.14. The Bertz CT molecular complexity index is 496. The number of nitrogen functional groups attached to an aromatic ring is 1. The molecule has 1 heterocycles. The normalized spacial score (nSPS) is 9.85. The van der Waals surface area contributed by atoms with Crippen LogP contribution >= 0.6 is 0 Å². The van der Waals surface area contributed by atoms with Crippen LogP contribution in [0.3, 0.4) is 0 Å². The molecular formula is C13H19N7. The molecule has 0 amide bonds. The third-order valence-electron chi connectivity index (χ3n) is 2.70. The van der Waals surface area contributed by atoms with Gasteiger partial charge in [0, 0.05) is 6.54 Å². The van der Waals surface area contributed by atoms with Gasteiger partial charge in [-0.1, -0.05) is 13.8 Å². The fourth-order valence-corrected chi connectivity index (χ4v) is 1.63.